The van der Waals surface area contributed by atoms with Gasteiger partial charge in [-0.2, -0.15) is 0 Å². The van der Waals surface area contributed by atoms with Crippen molar-refractivity contribution < 1.29 is 9.84 Å². The zero-order valence-corrected chi connectivity index (χ0v) is 10.6. The Morgan fingerprint density at radius 1 is 1.20 bits per heavy atom. The molecule has 2 atom stereocenters. The van der Waals surface area contributed by atoms with E-state index in [0.29, 0.717) is 31.7 Å². The Hall–Kier alpha value is -0.120. The van der Waals surface area contributed by atoms with Crippen molar-refractivity contribution in [2.75, 3.05) is 19.8 Å². The third-order valence-electron chi connectivity index (χ3n) is 2.95. The summed E-state index contributed by atoms with van der Waals surface area (Å²) < 4.78 is 5.15. The van der Waals surface area contributed by atoms with Crippen molar-refractivity contribution in [3.8, 4) is 0 Å². The fourth-order valence-electron chi connectivity index (χ4n) is 1.80. The normalized spacial score (nSPS) is 15.6. The van der Waals surface area contributed by atoms with Crippen LogP contribution in [0.4, 0.5) is 0 Å². The van der Waals surface area contributed by atoms with Crippen LogP contribution in [0.15, 0.2) is 0 Å². The maximum absolute atomic E-state index is 9.57. The lowest BCUT2D eigenvalue weighted by atomic mass is 9.95. The second kappa shape index (κ2) is 9.13. The van der Waals surface area contributed by atoms with Gasteiger partial charge in [0.15, 0.2) is 0 Å². The standard InChI is InChI=1S/C12H27NO2/c1-5-11(6-2)10(4)13-8-12(14)9-15-7-3/h10-14H,5-9H2,1-4H3. The molecule has 0 bridgehead atoms. The number of ether oxygens (including phenoxy) is 1. The summed E-state index contributed by atoms with van der Waals surface area (Å²) in [4.78, 5) is 0. The largest absolute Gasteiger partial charge is 0.389 e. The van der Waals surface area contributed by atoms with Gasteiger partial charge in [0.25, 0.3) is 0 Å². The second-order valence-electron chi connectivity index (χ2n) is 4.09. The Bertz CT molecular complexity index is 138. The van der Waals surface area contributed by atoms with Crippen LogP contribution in [0.2, 0.25) is 0 Å². The summed E-state index contributed by atoms with van der Waals surface area (Å²) in [6, 6.07) is 0.469. The molecule has 0 spiro atoms. The minimum Gasteiger partial charge on any atom is -0.389 e. The Kier molecular flexibility index (Phi) is 9.06. The molecule has 0 amide bonds. The van der Waals surface area contributed by atoms with E-state index in [1.54, 1.807) is 0 Å². The number of hydrogen-bond donors (Lipinski definition) is 2. The third-order valence-corrected chi connectivity index (χ3v) is 2.95. The van der Waals surface area contributed by atoms with E-state index in [1.165, 1.54) is 12.8 Å². The predicted molar refractivity (Wildman–Crippen MR) is 64.0 cm³/mol. The predicted octanol–water partition coefficient (Wildman–Crippen LogP) is 1.80. The number of rotatable bonds is 9. The van der Waals surface area contributed by atoms with Gasteiger partial charge < -0.3 is 15.2 Å². The van der Waals surface area contributed by atoms with Crippen molar-refractivity contribution in [3.63, 3.8) is 0 Å². The fourth-order valence-corrected chi connectivity index (χ4v) is 1.80. The summed E-state index contributed by atoms with van der Waals surface area (Å²) in [5, 5.41) is 12.9. The molecular weight excluding hydrogens is 190 g/mol. The average molecular weight is 217 g/mol. The molecule has 0 aliphatic rings. The van der Waals surface area contributed by atoms with Crippen LogP contribution in [0.5, 0.6) is 0 Å². The van der Waals surface area contributed by atoms with E-state index >= 15 is 0 Å². The molecule has 15 heavy (non-hydrogen) atoms. The highest BCUT2D eigenvalue weighted by Crippen LogP contribution is 2.12. The van der Waals surface area contributed by atoms with Crippen LogP contribution in [0.25, 0.3) is 0 Å². The Balaban J connectivity index is 3.63. The third kappa shape index (κ3) is 6.88. The molecule has 0 aromatic heterocycles. The topological polar surface area (TPSA) is 41.5 Å². The molecule has 2 N–H and O–H groups in total. The van der Waals surface area contributed by atoms with Crippen LogP contribution in [-0.4, -0.2) is 37.0 Å². The molecule has 0 saturated heterocycles. The molecule has 0 aromatic rings. The highest BCUT2D eigenvalue weighted by Gasteiger charge is 2.14. The SMILES string of the molecule is CCOCC(O)CNC(C)C(CC)CC. The van der Waals surface area contributed by atoms with Crippen LogP contribution in [0.3, 0.4) is 0 Å². The van der Waals surface area contributed by atoms with Gasteiger partial charge in [-0.25, -0.2) is 0 Å². The number of nitrogens with one attached hydrogen (secondary N) is 1. The molecule has 0 radical (unpaired) electrons. The molecule has 0 fully saturated rings. The lowest BCUT2D eigenvalue weighted by molar-refractivity contribution is 0.0405. The smallest absolute Gasteiger partial charge is 0.0897 e. The van der Waals surface area contributed by atoms with Gasteiger partial charge >= 0.3 is 0 Å². The maximum Gasteiger partial charge on any atom is 0.0897 e. The first-order chi connectivity index (χ1) is 7.15. The summed E-state index contributed by atoms with van der Waals surface area (Å²) in [6.07, 6.45) is 1.99. The summed E-state index contributed by atoms with van der Waals surface area (Å²) >= 11 is 0. The first-order valence-electron chi connectivity index (χ1n) is 6.14. The van der Waals surface area contributed by atoms with Crippen molar-refractivity contribution in [1.29, 1.82) is 0 Å². The van der Waals surface area contributed by atoms with Crippen LogP contribution in [-0.2, 0) is 4.74 Å². The lowest BCUT2D eigenvalue weighted by Gasteiger charge is -2.24. The number of hydrogen-bond acceptors (Lipinski definition) is 3. The highest BCUT2D eigenvalue weighted by atomic mass is 16.5. The van der Waals surface area contributed by atoms with Crippen LogP contribution in [0, 0.1) is 5.92 Å². The zero-order chi connectivity index (χ0) is 11.7. The Morgan fingerprint density at radius 3 is 2.27 bits per heavy atom. The first-order valence-corrected chi connectivity index (χ1v) is 6.14. The van der Waals surface area contributed by atoms with Gasteiger partial charge in [-0.1, -0.05) is 26.7 Å². The molecule has 3 nitrogen and oxygen atoms in total. The summed E-state index contributed by atoms with van der Waals surface area (Å²) in [7, 11) is 0. The van der Waals surface area contributed by atoms with E-state index in [9.17, 15) is 5.11 Å². The van der Waals surface area contributed by atoms with E-state index in [2.05, 4.69) is 26.1 Å². The molecule has 0 heterocycles. The summed E-state index contributed by atoms with van der Waals surface area (Å²) in [6.45, 7) is 10.3. The van der Waals surface area contributed by atoms with Gasteiger partial charge in [0.05, 0.1) is 12.7 Å². The van der Waals surface area contributed by atoms with E-state index in [4.69, 9.17) is 4.74 Å². The maximum atomic E-state index is 9.57. The van der Waals surface area contributed by atoms with Gasteiger partial charge in [0.1, 0.15) is 0 Å². The van der Waals surface area contributed by atoms with Gasteiger partial charge in [-0.05, 0) is 19.8 Å². The van der Waals surface area contributed by atoms with Crippen LogP contribution < -0.4 is 5.32 Å². The summed E-state index contributed by atoms with van der Waals surface area (Å²) in [5.41, 5.74) is 0. The zero-order valence-electron chi connectivity index (χ0n) is 10.6. The van der Waals surface area contributed by atoms with E-state index < -0.39 is 0 Å². The number of aliphatic hydroxyl groups is 1. The molecule has 92 valence electrons. The molecule has 0 rings (SSSR count). The van der Waals surface area contributed by atoms with Crippen LogP contribution in [0.1, 0.15) is 40.5 Å². The van der Waals surface area contributed by atoms with E-state index in [-0.39, 0.29) is 6.10 Å². The molecule has 2 unspecified atom stereocenters. The highest BCUT2D eigenvalue weighted by molar-refractivity contribution is 4.71. The summed E-state index contributed by atoms with van der Waals surface area (Å²) in [5.74, 6) is 0.698. The molecule has 0 aromatic carbocycles. The Labute approximate surface area is 94.2 Å². The van der Waals surface area contributed by atoms with E-state index in [1.807, 2.05) is 6.92 Å². The molecular formula is C12H27NO2. The molecule has 0 saturated carbocycles. The molecule has 0 aliphatic heterocycles. The lowest BCUT2D eigenvalue weighted by Crippen LogP contribution is -2.39. The van der Waals surface area contributed by atoms with Crippen molar-refractivity contribution in [2.24, 2.45) is 5.92 Å². The minimum absolute atomic E-state index is 0.387. The quantitative estimate of drug-likeness (QED) is 0.619. The monoisotopic (exact) mass is 217 g/mol. The van der Waals surface area contributed by atoms with Gasteiger partial charge in [0, 0.05) is 19.2 Å². The second-order valence-corrected chi connectivity index (χ2v) is 4.09. The van der Waals surface area contributed by atoms with Crippen molar-refractivity contribution in [3.05, 3.63) is 0 Å². The number of aliphatic hydroxyl groups excluding tert-OH is 1. The Morgan fingerprint density at radius 2 is 1.80 bits per heavy atom. The van der Waals surface area contributed by atoms with Crippen molar-refractivity contribution >= 4 is 0 Å². The van der Waals surface area contributed by atoms with Crippen LogP contribution >= 0.6 is 0 Å². The van der Waals surface area contributed by atoms with E-state index in [0.717, 1.165) is 0 Å². The van der Waals surface area contributed by atoms with Crippen molar-refractivity contribution in [1.82, 2.24) is 5.32 Å². The first kappa shape index (κ1) is 14.9. The molecule has 0 aliphatic carbocycles. The minimum atomic E-state index is -0.387. The fraction of sp³-hybridized carbons (Fsp3) is 1.00. The van der Waals surface area contributed by atoms with Gasteiger partial charge in [0.2, 0.25) is 0 Å². The average Bonchev–Trinajstić information content (AvgIpc) is 2.25. The van der Waals surface area contributed by atoms with Gasteiger partial charge in [-0.15, -0.1) is 0 Å². The van der Waals surface area contributed by atoms with Gasteiger partial charge in [-0.3, -0.25) is 0 Å². The molecule has 3 heteroatoms. The van der Waals surface area contributed by atoms with Crippen molar-refractivity contribution in [2.45, 2.75) is 52.7 Å².